The first kappa shape index (κ1) is 29.2. The Morgan fingerprint density at radius 3 is 2.30 bits per heavy atom. The number of aryl methyl sites for hydroxylation is 1. The van der Waals surface area contributed by atoms with Gasteiger partial charge < -0.3 is 15.2 Å². The van der Waals surface area contributed by atoms with Crippen molar-refractivity contribution in [2.45, 2.75) is 39.3 Å². The second-order valence-electron chi connectivity index (χ2n) is 9.13. The number of aromatic hydroxyl groups is 1. The van der Waals surface area contributed by atoms with Crippen molar-refractivity contribution >= 4 is 45.7 Å². The number of anilines is 1. The quantitative estimate of drug-likeness (QED) is 0.221. The van der Waals surface area contributed by atoms with Crippen molar-refractivity contribution in [2.24, 2.45) is 0 Å². The Kier molecular flexibility index (Phi) is 7.75. The summed E-state index contributed by atoms with van der Waals surface area (Å²) in [7, 11) is 0. The van der Waals surface area contributed by atoms with Crippen molar-refractivity contribution in [3.8, 4) is 11.5 Å². The van der Waals surface area contributed by atoms with Gasteiger partial charge in [0.25, 0.3) is 11.5 Å². The van der Waals surface area contributed by atoms with Crippen molar-refractivity contribution in [3.05, 3.63) is 91.4 Å². The van der Waals surface area contributed by atoms with Crippen LogP contribution in [0.15, 0.2) is 53.3 Å². The predicted molar refractivity (Wildman–Crippen MR) is 143 cm³/mol. The summed E-state index contributed by atoms with van der Waals surface area (Å²) in [5, 5.41) is 11.7. The molecular formula is C27H21Cl2F4N3O4. The monoisotopic (exact) mass is 597 g/mol. The van der Waals surface area contributed by atoms with E-state index >= 15 is 0 Å². The summed E-state index contributed by atoms with van der Waals surface area (Å²) in [4.78, 5) is 30.9. The van der Waals surface area contributed by atoms with Crippen molar-refractivity contribution in [1.29, 1.82) is 0 Å². The van der Waals surface area contributed by atoms with Gasteiger partial charge in [0.15, 0.2) is 11.6 Å². The highest BCUT2D eigenvalue weighted by Gasteiger charge is 2.33. The lowest BCUT2D eigenvalue weighted by atomic mass is 10.1. The Bertz CT molecular complexity index is 1680. The number of nitrogens with one attached hydrogen (secondary N) is 1. The Morgan fingerprint density at radius 2 is 1.70 bits per heavy atom. The number of amides is 1. The van der Waals surface area contributed by atoms with Crippen LogP contribution in [0.25, 0.3) is 10.9 Å². The SMILES string of the molecule is Cc1ccc(NC(=O)c2cc(Cl)c(O)c(Cl)c2)c2c(=O)n(Cc3ccccc3OC(C)(F)F)c(C(C)(F)F)nc12. The van der Waals surface area contributed by atoms with Crippen LogP contribution in [0.3, 0.4) is 0 Å². The third-order valence-electron chi connectivity index (χ3n) is 5.82. The van der Waals surface area contributed by atoms with Crippen LogP contribution in [0.4, 0.5) is 23.2 Å². The zero-order valence-corrected chi connectivity index (χ0v) is 22.7. The van der Waals surface area contributed by atoms with Crippen molar-refractivity contribution in [1.82, 2.24) is 9.55 Å². The van der Waals surface area contributed by atoms with Gasteiger partial charge in [-0.3, -0.25) is 14.2 Å². The highest BCUT2D eigenvalue weighted by molar-refractivity contribution is 6.37. The lowest BCUT2D eigenvalue weighted by Gasteiger charge is -2.21. The number of para-hydroxylation sites is 1. The lowest BCUT2D eigenvalue weighted by molar-refractivity contribution is -0.159. The summed E-state index contributed by atoms with van der Waals surface area (Å²) in [5.74, 6) is -6.03. The summed E-state index contributed by atoms with van der Waals surface area (Å²) in [6.45, 7) is 2.04. The molecule has 0 fully saturated rings. The topological polar surface area (TPSA) is 93.5 Å². The fraction of sp³-hybridized carbons (Fsp3) is 0.222. The fourth-order valence-corrected chi connectivity index (χ4v) is 4.51. The number of ether oxygens (including phenoxy) is 1. The van der Waals surface area contributed by atoms with Gasteiger partial charge in [0.1, 0.15) is 5.75 Å². The van der Waals surface area contributed by atoms with Gasteiger partial charge in [-0.15, -0.1) is 0 Å². The molecule has 3 aromatic carbocycles. The number of alkyl halides is 4. The minimum absolute atomic E-state index is 0.0180. The van der Waals surface area contributed by atoms with Crippen LogP contribution in [0.2, 0.25) is 10.0 Å². The van der Waals surface area contributed by atoms with Crippen molar-refractivity contribution < 1.29 is 32.2 Å². The van der Waals surface area contributed by atoms with Crippen LogP contribution in [0.5, 0.6) is 11.5 Å². The van der Waals surface area contributed by atoms with Gasteiger partial charge in [0.05, 0.1) is 33.2 Å². The molecule has 4 rings (SSSR count). The average Bonchev–Trinajstić information content (AvgIpc) is 2.84. The normalized spacial score (nSPS) is 12.0. The second-order valence-corrected chi connectivity index (χ2v) is 9.94. The number of hydrogen-bond acceptors (Lipinski definition) is 5. The van der Waals surface area contributed by atoms with Gasteiger partial charge in [0, 0.05) is 25.0 Å². The molecule has 0 spiro atoms. The summed E-state index contributed by atoms with van der Waals surface area (Å²) in [5.41, 5.74) is -0.787. The van der Waals surface area contributed by atoms with E-state index in [1.54, 1.807) is 6.92 Å². The Labute approximate surface area is 234 Å². The Morgan fingerprint density at radius 1 is 1.07 bits per heavy atom. The van der Waals surface area contributed by atoms with E-state index in [1.807, 2.05) is 0 Å². The van der Waals surface area contributed by atoms with Gasteiger partial charge in [-0.1, -0.05) is 47.5 Å². The number of nitrogens with zero attached hydrogens (tertiary/aromatic N) is 2. The molecule has 0 aliphatic carbocycles. The van der Waals surface area contributed by atoms with E-state index < -0.39 is 41.6 Å². The number of benzene rings is 3. The molecule has 40 heavy (non-hydrogen) atoms. The minimum Gasteiger partial charge on any atom is -0.505 e. The maximum Gasteiger partial charge on any atom is 0.394 e. The second kappa shape index (κ2) is 10.6. The van der Waals surface area contributed by atoms with E-state index in [0.29, 0.717) is 24.0 Å². The number of halogens is 6. The molecular weight excluding hydrogens is 577 g/mol. The van der Waals surface area contributed by atoms with Gasteiger partial charge >= 0.3 is 12.0 Å². The van der Waals surface area contributed by atoms with Crippen LogP contribution in [0, 0.1) is 6.92 Å². The van der Waals surface area contributed by atoms with E-state index in [4.69, 9.17) is 23.2 Å². The van der Waals surface area contributed by atoms with Gasteiger partial charge in [-0.2, -0.15) is 17.6 Å². The summed E-state index contributed by atoms with van der Waals surface area (Å²) in [6.07, 6.45) is -3.57. The predicted octanol–water partition coefficient (Wildman–Crippen LogP) is 7.12. The molecule has 0 aliphatic heterocycles. The zero-order valence-electron chi connectivity index (χ0n) is 21.2. The molecule has 7 nitrogen and oxygen atoms in total. The molecule has 0 aliphatic rings. The van der Waals surface area contributed by atoms with Crippen LogP contribution < -0.4 is 15.6 Å². The fourth-order valence-electron chi connectivity index (χ4n) is 4.03. The summed E-state index contributed by atoms with van der Waals surface area (Å²) >= 11 is 11.8. The Hall–Kier alpha value is -3.83. The Balaban J connectivity index is 1.90. The van der Waals surface area contributed by atoms with Crippen LogP contribution in [-0.4, -0.2) is 26.7 Å². The molecule has 13 heteroatoms. The molecule has 210 valence electrons. The maximum absolute atomic E-state index is 14.8. The van der Waals surface area contributed by atoms with E-state index in [-0.39, 0.29) is 43.5 Å². The summed E-state index contributed by atoms with van der Waals surface area (Å²) < 4.78 is 62.1. The van der Waals surface area contributed by atoms with Gasteiger partial charge in [-0.25, -0.2) is 4.98 Å². The van der Waals surface area contributed by atoms with Crippen LogP contribution >= 0.6 is 23.2 Å². The standard InChI is InChI=1S/C27H21Cl2F4N3O4/c1-13-8-9-18(34-23(38)15-10-16(28)22(37)17(29)11-15)20-21(13)35-25(26(2,30)31)36(24(20)39)12-14-6-4-5-7-19(14)40-27(3,32)33/h4-11,37H,12H2,1-3H3,(H,34,38). The smallest absolute Gasteiger partial charge is 0.394 e. The number of phenolic OH excluding ortho intramolecular Hbond substituents is 1. The summed E-state index contributed by atoms with van der Waals surface area (Å²) in [6, 6.07) is 10.7. The molecule has 0 radical (unpaired) electrons. The lowest BCUT2D eigenvalue weighted by Crippen LogP contribution is -2.32. The number of carbonyl (C=O) groups is 1. The van der Waals surface area contributed by atoms with E-state index in [1.165, 1.54) is 36.4 Å². The molecule has 0 bridgehead atoms. The first-order chi connectivity index (χ1) is 18.6. The van der Waals surface area contributed by atoms with Crippen molar-refractivity contribution in [2.75, 3.05) is 5.32 Å². The molecule has 0 atom stereocenters. The third kappa shape index (κ3) is 6.00. The molecule has 1 heterocycles. The number of hydrogen-bond donors (Lipinski definition) is 2. The molecule has 1 aromatic heterocycles. The molecule has 2 N–H and O–H groups in total. The highest BCUT2D eigenvalue weighted by Crippen LogP contribution is 2.34. The first-order valence-corrected chi connectivity index (χ1v) is 12.4. The number of fused-ring (bicyclic) bond motifs is 1. The molecule has 4 aromatic rings. The number of carbonyl (C=O) groups excluding carboxylic acids is 1. The van der Waals surface area contributed by atoms with Gasteiger partial charge in [0.2, 0.25) is 0 Å². The number of aromatic nitrogens is 2. The van der Waals surface area contributed by atoms with Crippen LogP contribution in [-0.2, 0) is 12.5 Å². The third-order valence-corrected chi connectivity index (χ3v) is 6.40. The molecule has 0 unspecified atom stereocenters. The maximum atomic E-state index is 14.8. The van der Waals surface area contributed by atoms with E-state index in [0.717, 1.165) is 12.1 Å². The van der Waals surface area contributed by atoms with Crippen LogP contribution in [0.1, 0.15) is 41.2 Å². The van der Waals surface area contributed by atoms with Crippen molar-refractivity contribution in [3.63, 3.8) is 0 Å². The largest absolute Gasteiger partial charge is 0.505 e. The first-order valence-electron chi connectivity index (χ1n) is 11.6. The average molecular weight is 598 g/mol. The van der Waals surface area contributed by atoms with Gasteiger partial charge in [-0.05, 0) is 36.8 Å². The number of phenols is 1. The van der Waals surface area contributed by atoms with E-state index in [9.17, 15) is 32.3 Å². The number of rotatable bonds is 7. The highest BCUT2D eigenvalue weighted by atomic mass is 35.5. The minimum atomic E-state index is -3.61. The molecule has 1 amide bonds. The molecule has 0 saturated heterocycles. The molecule has 0 saturated carbocycles. The zero-order chi connectivity index (χ0) is 29.6. The van der Waals surface area contributed by atoms with E-state index in [2.05, 4.69) is 15.0 Å².